The van der Waals surface area contributed by atoms with Crippen LogP contribution in [-0.2, 0) is 9.59 Å². The third-order valence-corrected chi connectivity index (χ3v) is 4.11. The van der Waals surface area contributed by atoms with Crippen molar-refractivity contribution in [1.29, 1.82) is 0 Å². The lowest BCUT2D eigenvalue weighted by Crippen LogP contribution is -2.41. The van der Waals surface area contributed by atoms with Gasteiger partial charge in [0.2, 0.25) is 11.8 Å². The average Bonchev–Trinajstić information content (AvgIpc) is 2.69. The fourth-order valence-corrected chi connectivity index (χ4v) is 2.73. The highest BCUT2D eigenvalue weighted by molar-refractivity contribution is 5.78. The van der Waals surface area contributed by atoms with Gasteiger partial charge in [0.1, 0.15) is 0 Å². The first kappa shape index (κ1) is 20.9. The molecule has 0 bridgehead atoms. The Kier molecular flexibility index (Phi) is 10.6. The van der Waals surface area contributed by atoms with Gasteiger partial charge in [0, 0.05) is 39.3 Å². The summed E-state index contributed by atoms with van der Waals surface area (Å²) in [6, 6.07) is 0. The Morgan fingerprint density at radius 1 is 0.917 bits per heavy atom. The molecule has 1 saturated heterocycles. The molecule has 7 heteroatoms. The minimum Gasteiger partial charge on any atom is -0.390 e. The summed E-state index contributed by atoms with van der Waals surface area (Å²) >= 11 is 0. The number of hydrogen-bond acceptors (Lipinski definition) is 5. The van der Waals surface area contributed by atoms with E-state index in [4.69, 9.17) is 0 Å². The summed E-state index contributed by atoms with van der Waals surface area (Å²) in [6.07, 6.45) is 3.53. The fraction of sp³-hybridized carbons (Fsp3) is 0.882. The van der Waals surface area contributed by atoms with Gasteiger partial charge in [0.15, 0.2) is 0 Å². The molecule has 1 aliphatic rings. The molecule has 1 heterocycles. The van der Waals surface area contributed by atoms with E-state index in [1.54, 1.807) is 0 Å². The van der Waals surface area contributed by atoms with Crippen LogP contribution in [0.1, 0.15) is 39.5 Å². The molecule has 140 valence electrons. The summed E-state index contributed by atoms with van der Waals surface area (Å²) in [5.74, 6) is 0.00261. The quantitative estimate of drug-likeness (QED) is 0.479. The number of carbonyl (C=O) groups excluding carboxylic acids is 2. The molecule has 0 radical (unpaired) electrons. The number of β-amino-alcohol motifs (C(OH)–C–C–N with tert-alkyl or cyclic N) is 1. The molecule has 2 amide bonds. The van der Waals surface area contributed by atoms with Crippen LogP contribution < -0.4 is 10.6 Å². The largest absolute Gasteiger partial charge is 0.390 e. The summed E-state index contributed by atoms with van der Waals surface area (Å²) < 4.78 is 0. The third-order valence-electron chi connectivity index (χ3n) is 4.11. The molecule has 0 aromatic rings. The van der Waals surface area contributed by atoms with Crippen LogP contribution in [0.4, 0.5) is 0 Å². The fourth-order valence-electron chi connectivity index (χ4n) is 2.73. The Hall–Kier alpha value is -1.18. The van der Waals surface area contributed by atoms with Crippen molar-refractivity contribution < 1.29 is 14.7 Å². The number of hydrogen-bond donors (Lipinski definition) is 3. The second kappa shape index (κ2) is 12.2. The molecule has 1 fully saturated rings. The van der Waals surface area contributed by atoms with Gasteiger partial charge < -0.3 is 15.7 Å². The van der Waals surface area contributed by atoms with Gasteiger partial charge in [0.05, 0.1) is 19.2 Å². The number of carbonyl (C=O) groups is 2. The molecule has 0 saturated carbocycles. The Balaban J connectivity index is 2.33. The maximum Gasteiger partial charge on any atom is 0.234 e. The Labute approximate surface area is 145 Å². The molecule has 0 atom stereocenters. The molecule has 3 N–H and O–H groups in total. The van der Waals surface area contributed by atoms with Crippen LogP contribution in [0.15, 0.2) is 0 Å². The van der Waals surface area contributed by atoms with Gasteiger partial charge in [-0.3, -0.25) is 19.4 Å². The molecular weight excluding hydrogens is 308 g/mol. The van der Waals surface area contributed by atoms with E-state index in [2.05, 4.69) is 24.5 Å². The van der Waals surface area contributed by atoms with Crippen molar-refractivity contribution in [2.45, 2.75) is 45.6 Å². The van der Waals surface area contributed by atoms with E-state index >= 15 is 0 Å². The predicted molar refractivity (Wildman–Crippen MR) is 94.7 cm³/mol. The van der Waals surface area contributed by atoms with Crippen molar-refractivity contribution in [2.75, 3.05) is 52.4 Å². The van der Waals surface area contributed by atoms with Crippen LogP contribution in [-0.4, -0.2) is 85.2 Å². The van der Waals surface area contributed by atoms with E-state index in [-0.39, 0.29) is 11.8 Å². The van der Waals surface area contributed by atoms with Gasteiger partial charge in [-0.05, 0) is 12.8 Å². The first-order chi connectivity index (χ1) is 11.5. The number of rotatable bonds is 10. The van der Waals surface area contributed by atoms with Crippen LogP contribution in [0, 0.1) is 0 Å². The number of aliphatic hydroxyl groups is 1. The van der Waals surface area contributed by atoms with Crippen LogP contribution in [0.2, 0.25) is 0 Å². The van der Waals surface area contributed by atoms with Crippen LogP contribution in [0.3, 0.4) is 0 Å². The summed E-state index contributed by atoms with van der Waals surface area (Å²) in [5, 5.41) is 15.9. The van der Waals surface area contributed by atoms with Crippen molar-refractivity contribution >= 4 is 11.8 Å². The molecule has 0 aliphatic carbocycles. The molecule has 1 aliphatic heterocycles. The van der Waals surface area contributed by atoms with E-state index in [9.17, 15) is 14.7 Å². The lowest BCUT2D eigenvalue weighted by atomic mass is 10.3. The topological polar surface area (TPSA) is 84.9 Å². The van der Waals surface area contributed by atoms with Gasteiger partial charge in [0.25, 0.3) is 0 Å². The second-order valence-electron chi connectivity index (χ2n) is 6.53. The summed E-state index contributed by atoms with van der Waals surface area (Å²) in [4.78, 5) is 27.7. The number of nitrogens with one attached hydrogen (secondary N) is 2. The van der Waals surface area contributed by atoms with Gasteiger partial charge >= 0.3 is 0 Å². The van der Waals surface area contributed by atoms with E-state index in [0.717, 1.165) is 25.7 Å². The van der Waals surface area contributed by atoms with Crippen molar-refractivity contribution in [3.63, 3.8) is 0 Å². The zero-order chi connectivity index (χ0) is 17.8. The molecule has 1 rings (SSSR count). The first-order valence-electron chi connectivity index (χ1n) is 9.21. The molecule has 0 aromatic carbocycles. The summed E-state index contributed by atoms with van der Waals surface area (Å²) in [6.45, 7) is 8.49. The first-order valence-corrected chi connectivity index (χ1v) is 9.21. The van der Waals surface area contributed by atoms with Crippen molar-refractivity contribution in [2.24, 2.45) is 0 Å². The number of unbranched alkanes of at least 4 members (excludes halogenated alkanes) is 2. The van der Waals surface area contributed by atoms with Gasteiger partial charge in [-0.25, -0.2) is 0 Å². The van der Waals surface area contributed by atoms with E-state index in [1.807, 2.05) is 9.80 Å². The molecular formula is C17H34N4O3. The Morgan fingerprint density at radius 2 is 1.33 bits per heavy atom. The van der Waals surface area contributed by atoms with Gasteiger partial charge in [-0.15, -0.1) is 0 Å². The minimum absolute atomic E-state index is 0.00130. The summed E-state index contributed by atoms with van der Waals surface area (Å²) in [7, 11) is 0. The maximum absolute atomic E-state index is 11.9. The van der Waals surface area contributed by atoms with E-state index < -0.39 is 6.10 Å². The van der Waals surface area contributed by atoms with Crippen LogP contribution in [0.25, 0.3) is 0 Å². The number of aliphatic hydroxyl groups excluding tert-OH is 1. The van der Waals surface area contributed by atoms with Gasteiger partial charge in [-0.1, -0.05) is 26.7 Å². The second-order valence-corrected chi connectivity index (χ2v) is 6.53. The highest BCUT2D eigenvalue weighted by Crippen LogP contribution is 2.04. The van der Waals surface area contributed by atoms with Crippen LogP contribution >= 0.6 is 0 Å². The van der Waals surface area contributed by atoms with Crippen molar-refractivity contribution in [3.8, 4) is 0 Å². The van der Waals surface area contributed by atoms with E-state index in [0.29, 0.717) is 52.4 Å². The molecule has 24 heavy (non-hydrogen) atoms. The standard InChI is InChI=1S/C17H34N4O3/c1-3-5-7-18-16(23)13-20-9-10-21(12-15(22)11-20)14-17(24)19-8-6-4-2/h15,22H,3-14H2,1-2H3,(H,18,23)(H,19,24). The smallest absolute Gasteiger partial charge is 0.234 e. The maximum atomic E-state index is 11.9. The SMILES string of the molecule is CCCCNC(=O)CN1CCN(CC(=O)NCCCC)CC(O)C1. The molecule has 0 unspecified atom stereocenters. The molecule has 0 aromatic heterocycles. The minimum atomic E-state index is -0.542. The summed E-state index contributed by atoms with van der Waals surface area (Å²) in [5.41, 5.74) is 0. The zero-order valence-corrected chi connectivity index (χ0v) is 15.2. The van der Waals surface area contributed by atoms with Crippen LogP contribution in [0.5, 0.6) is 0 Å². The van der Waals surface area contributed by atoms with Gasteiger partial charge in [-0.2, -0.15) is 0 Å². The molecule has 7 nitrogen and oxygen atoms in total. The number of nitrogens with zero attached hydrogens (tertiary/aromatic N) is 2. The van der Waals surface area contributed by atoms with E-state index in [1.165, 1.54) is 0 Å². The lowest BCUT2D eigenvalue weighted by Gasteiger charge is -2.20. The monoisotopic (exact) mass is 342 g/mol. The van der Waals surface area contributed by atoms with Crippen molar-refractivity contribution in [1.82, 2.24) is 20.4 Å². The highest BCUT2D eigenvalue weighted by Gasteiger charge is 2.23. The zero-order valence-electron chi connectivity index (χ0n) is 15.2. The average molecular weight is 342 g/mol. The predicted octanol–water partition coefficient (Wildman–Crippen LogP) is -0.202. The third kappa shape index (κ3) is 9.20. The Morgan fingerprint density at radius 3 is 1.71 bits per heavy atom. The number of amides is 2. The molecule has 0 spiro atoms. The normalized spacial score (nSPS) is 17.5. The highest BCUT2D eigenvalue weighted by atomic mass is 16.3. The Bertz CT molecular complexity index is 345. The lowest BCUT2D eigenvalue weighted by molar-refractivity contribution is -0.123. The van der Waals surface area contributed by atoms with Crippen molar-refractivity contribution in [3.05, 3.63) is 0 Å².